The Bertz CT molecular complexity index is 1390. The van der Waals surface area contributed by atoms with Crippen molar-refractivity contribution in [2.75, 3.05) is 49.6 Å². The van der Waals surface area contributed by atoms with E-state index in [0.717, 1.165) is 12.2 Å². The standard InChI is InChI=1S/C26H36F6N8O4Si/c1-17(36-20-14-35-40(16-43-10-11-45(3,4)5)23(42)22(20)26(30,31)32)18(2)37-44-15-21(41)38-6-8-39(9-7-38)24-33-12-19(13-34-24)25(27,28)29/h12-14,17,36H,6-11,15-16H2,1-5H3/b37-18+/t17-/m0/s1. The SMILES string of the molecule is C/C(=N\OCC(=O)N1CCN(c2ncc(C(F)(F)F)cn2)CC1)[C@H](C)Nc1cnn(COCC[Si](C)(C)C)c(=O)c1C(F)(F)F. The maximum absolute atomic E-state index is 13.9. The number of rotatable bonds is 12. The topological polar surface area (TPSA) is 127 Å². The normalized spacial score (nSPS) is 15.7. The van der Waals surface area contributed by atoms with Crippen LogP contribution in [-0.2, 0) is 33.5 Å². The number of amides is 1. The molecule has 1 aliphatic rings. The highest BCUT2D eigenvalue weighted by atomic mass is 28.3. The van der Waals surface area contributed by atoms with Gasteiger partial charge in [0.15, 0.2) is 6.61 Å². The minimum Gasteiger partial charge on any atom is -0.386 e. The van der Waals surface area contributed by atoms with Crippen LogP contribution in [0.5, 0.6) is 0 Å². The molecule has 19 heteroatoms. The summed E-state index contributed by atoms with van der Waals surface area (Å²) in [6, 6.07) is -0.0616. The molecule has 2 aromatic rings. The van der Waals surface area contributed by atoms with Crippen LogP contribution in [-0.4, -0.2) is 89.8 Å². The first-order valence-corrected chi connectivity index (χ1v) is 17.7. The predicted octanol–water partition coefficient (Wildman–Crippen LogP) is 3.92. The van der Waals surface area contributed by atoms with Gasteiger partial charge >= 0.3 is 12.4 Å². The average Bonchev–Trinajstić information content (AvgIpc) is 2.94. The Morgan fingerprint density at radius 3 is 2.22 bits per heavy atom. The Balaban J connectivity index is 1.53. The molecule has 1 aliphatic heterocycles. The van der Waals surface area contributed by atoms with Gasteiger partial charge in [-0.1, -0.05) is 24.8 Å². The van der Waals surface area contributed by atoms with Gasteiger partial charge in [0.25, 0.3) is 11.5 Å². The fourth-order valence-corrected chi connectivity index (χ4v) is 4.73. The molecule has 2 aromatic heterocycles. The van der Waals surface area contributed by atoms with Crippen LogP contribution in [0.25, 0.3) is 0 Å². The number of ether oxygens (including phenoxy) is 1. The number of hydrogen-bond donors (Lipinski definition) is 1. The molecule has 0 bridgehead atoms. The van der Waals surface area contributed by atoms with Gasteiger partial charge in [-0.05, 0) is 19.9 Å². The predicted molar refractivity (Wildman–Crippen MR) is 156 cm³/mol. The lowest BCUT2D eigenvalue weighted by atomic mass is 10.2. The third-order valence-electron chi connectivity index (χ3n) is 6.81. The van der Waals surface area contributed by atoms with E-state index in [4.69, 9.17) is 9.57 Å². The van der Waals surface area contributed by atoms with Crippen LogP contribution < -0.4 is 15.8 Å². The summed E-state index contributed by atoms with van der Waals surface area (Å²) in [4.78, 5) is 41.0. The number of anilines is 2. The van der Waals surface area contributed by atoms with Gasteiger partial charge in [-0.25, -0.2) is 14.6 Å². The van der Waals surface area contributed by atoms with Crippen molar-refractivity contribution in [1.29, 1.82) is 0 Å². The van der Waals surface area contributed by atoms with Gasteiger partial charge < -0.3 is 24.7 Å². The van der Waals surface area contributed by atoms with Crippen LogP contribution in [0.3, 0.4) is 0 Å². The zero-order valence-electron chi connectivity index (χ0n) is 25.5. The van der Waals surface area contributed by atoms with Gasteiger partial charge in [0.05, 0.1) is 29.2 Å². The van der Waals surface area contributed by atoms with Gasteiger partial charge in [-0.2, -0.15) is 31.4 Å². The van der Waals surface area contributed by atoms with Crippen molar-refractivity contribution in [3.8, 4) is 0 Å². The van der Waals surface area contributed by atoms with Gasteiger partial charge in [0.2, 0.25) is 5.95 Å². The molecule has 0 spiro atoms. The number of alkyl halides is 6. The summed E-state index contributed by atoms with van der Waals surface area (Å²) in [6.07, 6.45) is -7.22. The van der Waals surface area contributed by atoms with Gasteiger partial charge in [-0.15, -0.1) is 0 Å². The molecule has 0 aliphatic carbocycles. The highest BCUT2D eigenvalue weighted by Gasteiger charge is 2.39. The number of halogens is 6. The quantitative estimate of drug-likeness (QED) is 0.118. The Labute approximate surface area is 256 Å². The first kappa shape index (κ1) is 35.7. The lowest BCUT2D eigenvalue weighted by Crippen LogP contribution is -2.50. The minimum atomic E-state index is -4.97. The molecule has 0 aromatic carbocycles. The number of nitrogens with zero attached hydrogens (tertiary/aromatic N) is 7. The Morgan fingerprint density at radius 2 is 1.67 bits per heavy atom. The van der Waals surface area contributed by atoms with Gasteiger partial charge in [-0.3, -0.25) is 9.59 Å². The van der Waals surface area contributed by atoms with E-state index in [1.165, 1.54) is 18.7 Å². The van der Waals surface area contributed by atoms with E-state index in [1.54, 1.807) is 4.90 Å². The molecule has 0 saturated carbocycles. The average molecular weight is 667 g/mol. The zero-order chi connectivity index (χ0) is 33.6. The minimum absolute atomic E-state index is 0.111. The highest BCUT2D eigenvalue weighted by molar-refractivity contribution is 6.76. The number of aromatic nitrogens is 4. The van der Waals surface area contributed by atoms with E-state index in [9.17, 15) is 35.9 Å². The van der Waals surface area contributed by atoms with Crippen molar-refractivity contribution in [1.82, 2.24) is 24.6 Å². The molecule has 45 heavy (non-hydrogen) atoms. The van der Waals surface area contributed by atoms with Crippen molar-refractivity contribution in [2.45, 2.75) is 64.7 Å². The first-order chi connectivity index (χ1) is 20.9. The molecule has 1 saturated heterocycles. The summed E-state index contributed by atoms with van der Waals surface area (Å²) in [5, 5.41) is 10.2. The Kier molecular flexibility index (Phi) is 11.6. The molecule has 12 nitrogen and oxygen atoms in total. The second-order valence-corrected chi connectivity index (χ2v) is 17.2. The summed E-state index contributed by atoms with van der Waals surface area (Å²) < 4.78 is 85.8. The van der Waals surface area contributed by atoms with Crippen molar-refractivity contribution < 1.29 is 40.7 Å². The van der Waals surface area contributed by atoms with Crippen LogP contribution in [0.4, 0.5) is 38.0 Å². The smallest absolute Gasteiger partial charge is 0.386 e. The van der Waals surface area contributed by atoms with Crippen molar-refractivity contribution >= 4 is 31.3 Å². The first-order valence-electron chi connectivity index (χ1n) is 14.0. The summed E-state index contributed by atoms with van der Waals surface area (Å²) >= 11 is 0. The Morgan fingerprint density at radius 1 is 1.04 bits per heavy atom. The number of nitrogens with one attached hydrogen (secondary N) is 1. The molecule has 250 valence electrons. The lowest BCUT2D eigenvalue weighted by Gasteiger charge is -2.34. The van der Waals surface area contributed by atoms with Crippen LogP contribution in [0.2, 0.25) is 25.7 Å². The van der Waals surface area contributed by atoms with Gasteiger partial charge in [0.1, 0.15) is 12.3 Å². The number of carbonyl (C=O) groups is 1. The fraction of sp³-hybridized carbons (Fsp3) is 0.615. The number of hydrogen-bond acceptors (Lipinski definition) is 10. The van der Waals surface area contributed by atoms with Crippen LogP contribution in [0.15, 0.2) is 28.5 Å². The van der Waals surface area contributed by atoms with E-state index in [-0.39, 0.29) is 37.8 Å². The summed E-state index contributed by atoms with van der Waals surface area (Å²) in [5.74, 6) is -0.306. The molecule has 1 amide bonds. The van der Waals surface area contributed by atoms with Crippen LogP contribution >= 0.6 is 0 Å². The second kappa shape index (κ2) is 14.6. The van der Waals surface area contributed by atoms with E-state index < -0.39 is 68.1 Å². The monoisotopic (exact) mass is 666 g/mol. The maximum atomic E-state index is 13.9. The molecule has 0 radical (unpaired) electrons. The molecule has 3 rings (SSSR count). The molecular weight excluding hydrogens is 630 g/mol. The molecule has 0 unspecified atom stereocenters. The summed E-state index contributed by atoms with van der Waals surface area (Å²) in [6.45, 7) is 9.77. The van der Waals surface area contributed by atoms with Crippen molar-refractivity contribution in [3.05, 3.63) is 40.1 Å². The summed E-state index contributed by atoms with van der Waals surface area (Å²) in [7, 11) is -1.43. The number of carbonyl (C=O) groups excluding carboxylic acids is 1. The number of oxime groups is 1. The van der Waals surface area contributed by atoms with E-state index >= 15 is 0 Å². The Hall–Kier alpha value is -3.74. The molecule has 1 atom stereocenters. The van der Waals surface area contributed by atoms with Crippen LogP contribution in [0.1, 0.15) is 25.0 Å². The summed E-state index contributed by atoms with van der Waals surface area (Å²) in [5.41, 5.74) is -4.09. The zero-order valence-corrected chi connectivity index (χ0v) is 26.5. The molecular formula is C26H36F6N8O4Si. The van der Waals surface area contributed by atoms with Crippen LogP contribution in [0, 0.1) is 0 Å². The van der Waals surface area contributed by atoms with Crippen molar-refractivity contribution in [3.63, 3.8) is 0 Å². The molecule has 1 N–H and O–H groups in total. The third-order valence-corrected chi connectivity index (χ3v) is 8.52. The maximum Gasteiger partial charge on any atom is 0.423 e. The van der Waals surface area contributed by atoms with E-state index in [0.29, 0.717) is 23.7 Å². The second-order valence-electron chi connectivity index (χ2n) is 11.6. The third kappa shape index (κ3) is 10.4. The van der Waals surface area contributed by atoms with Gasteiger partial charge in [0, 0.05) is 53.3 Å². The number of piperazine rings is 1. The van der Waals surface area contributed by atoms with Crippen molar-refractivity contribution in [2.24, 2.45) is 5.16 Å². The van der Waals surface area contributed by atoms with E-state index in [1.807, 2.05) is 0 Å². The molecule has 1 fully saturated rings. The lowest BCUT2D eigenvalue weighted by molar-refractivity contribution is -0.139. The largest absolute Gasteiger partial charge is 0.423 e. The fourth-order valence-electron chi connectivity index (χ4n) is 3.98. The highest BCUT2D eigenvalue weighted by Crippen LogP contribution is 2.32. The molecule has 3 heterocycles. The van der Waals surface area contributed by atoms with E-state index in [2.05, 4.69) is 45.2 Å².